The molecule has 4 nitrogen and oxygen atoms in total. The maximum Gasteiger partial charge on any atom is 0.153 e. The Morgan fingerprint density at radius 2 is 1.73 bits per heavy atom. The Labute approximate surface area is 92.7 Å². The lowest BCUT2D eigenvalue weighted by Gasteiger charge is -2.29. The molecule has 1 aliphatic heterocycles. The lowest BCUT2D eigenvalue weighted by atomic mass is 10.1. The van der Waals surface area contributed by atoms with Gasteiger partial charge in [-0.25, -0.2) is 8.42 Å². The molecule has 2 atom stereocenters. The average Bonchev–Trinajstić information content (AvgIpc) is 2.39. The molecule has 5 heteroatoms. The fourth-order valence-electron chi connectivity index (χ4n) is 2.25. The summed E-state index contributed by atoms with van der Waals surface area (Å²) in [5.41, 5.74) is 5.90. The second-order valence-electron chi connectivity index (χ2n) is 4.34. The zero-order valence-electron chi connectivity index (χ0n) is 9.65. The number of sulfone groups is 1. The molecule has 0 amide bonds. The summed E-state index contributed by atoms with van der Waals surface area (Å²) < 4.78 is 22.9. The molecule has 0 saturated carbocycles. The van der Waals surface area contributed by atoms with Gasteiger partial charge in [-0.15, -0.1) is 0 Å². The van der Waals surface area contributed by atoms with Gasteiger partial charge in [-0.1, -0.05) is 13.8 Å². The highest BCUT2D eigenvalue weighted by Gasteiger charge is 2.38. The van der Waals surface area contributed by atoms with E-state index in [9.17, 15) is 8.42 Å². The van der Waals surface area contributed by atoms with Gasteiger partial charge in [0.25, 0.3) is 0 Å². The van der Waals surface area contributed by atoms with Gasteiger partial charge < -0.3 is 5.73 Å². The molecule has 0 aliphatic carbocycles. The molecule has 90 valence electrons. The summed E-state index contributed by atoms with van der Waals surface area (Å²) in [4.78, 5) is 2.23. The quantitative estimate of drug-likeness (QED) is 0.740. The van der Waals surface area contributed by atoms with Crippen molar-refractivity contribution < 1.29 is 8.42 Å². The third-order valence-corrected chi connectivity index (χ3v) is 4.60. The molecular weight excluding hydrogens is 212 g/mol. The van der Waals surface area contributed by atoms with Gasteiger partial charge in [0.05, 0.1) is 11.5 Å². The van der Waals surface area contributed by atoms with Crippen molar-refractivity contribution in [3.8, 4) is 0 Å². The van der Waals surface area contributed by atoms with Crippen molar-refractivity contribution in [2.45, 2.75) is 38.8 Å². The monoisotopic (exact) mass is 234 g/mol. The van der Waals surface area contributed by atoms with Crippen LogP contribution in [0.5, 0.6) is 0 Å². The van der Waals surface area contributed by atoms with E-state index in [0.29, 0.717) is 0 Å². The third-order valence-electron chi connectivity index (χ3n) is 2.86. The first kappa shape index (κ1) is 12.9. The minimum Gasteiger partial charge on any atom is -0.325 e. The van der Waals surface area contributed by atoms with Gasteiger partial charge in [0.1, 0.15) is 0 Å². The molecule has 0 aromatic rings. The van der Waals surface area contributed by atoms with Crippen LogP contribution >= 0.6 is 0 Å². The molecule has 1 saturated heterocycles. The summed E-state index contributed by atoms with van der Waals surface area (Å²) in [6.07, 6.45) is 2.09. The van der Waals surface area contributed by atoms with Crippen LogP contribution in [0, 0.1) is 0 Å². The van der Waals surface area contributed by atoms with Crippen molar-refractivity contribution >= 4 is 9.84 Å². The summed E-state index contributed by atoms with van der Waals surface area (Å²) in [5.74, 6) is 0.399. The molecule has 1 fully saturated rings. The van der Waals surface area contributed by atoms with Gasteiger partial charge >= 0.3 is 0 Å². The van der Waals surface area contributed by atoms with Crippen LogP contribution in [0.25, 0.3) is 0 Å². The number of hydrogen-bond acceptors (Lipinski definition) is 4. The third kappa shape index (κ3) is 3.43. The largest absolute Gasteiger partial charge is 0.325 e. The Balaban J connectivity index is 2.67. The number of nitrogens with zero attached hydrogens (tertiary/aromatic N) is 1. The van der Waals surface area contributed by atoms with Crippen LogP contribution in [-0.4, -0.2) is 50.0 Å². The second kappa shape index (κ2) is 5.27. The standard InChI is InChI=1S/C10H22N2O2S/c1-3-5-12(6-4-2)10-8-15(13,14)7-9(10)11/h9-10H,3-8,11H2,1-2H3. The summed E-state index contributed by atoms with van der Waals surface area (Å²) in [6.45, 7) is 6.11. The summed E-state index contributed by atoms with van der Waals surface area (Å²) in [7, 11) is -2.89. The first-order valence-corrected chi connectivity index (χ1v) is 7.52. The number of hydrogen-bond donors (Lipinski definition) is 1. The molecule has 0 spiro atoms. The Morgan fingerprint density at radius 3 is 2.07 bits per heavy atom. The zero-order valence-corrected chi connectivity index (χ0v) is 10.5. The highest BCUT2D eigenvalue weighted by atomic mass is 32.2. The van der Waals surface area contributed by atoms with Crippen LogP contribution in [0.3, 0.4) is 0 Å². The van der Waals surface area contributed by atoms with Crippen LogP contribution in [0.1, 0.15) is 26.7 Å². The Morgan fingerprint density at radius 1 is 1.20 bits per heavy atom. The predicted molar refractivity (Wildman–Crippen MR) is 62.6 cm³/mol. The molecular formula is C10H22N2O2S. The van der Waals surface area contributed by atoms with Crippen LogP contribution in [0.2, 0.25) is 0 Å². The Kier molecular flexibility index (Phi) is 4.55. The van der Waals surface area contributed by atoms with Crippen LogP contribution < -0.4 is 5.73 Å². The zero-order chi connectivity index (χ0) is 11.5. The molecule has 1 rings (SSSR count). The van der Waals surface area contributed by atoms with Gasteiger partial charge in [0.2, 0.25) is 0 Å². The molecule has 2 unspecified atom stereocenters. The van der Waals surface area contributed by atoms with Gasteiger partial charge in [0.15, 0.2) is 9.84 Å². The van der Waals surface area contributed by atoms with E-state index in [2.05, 4.69) is 18.7 Å². The molecule has 15 heavy (non-hydrogen) atoms. The normalized spacial score (nSPS) is 29.9. The summed E-state index contributed by atoms with van der Waals surface area (Å²) in [5, 5.41) is 0. The minimum atomic E-state index is -2.89. The fraction of sp³-hybridized carbons (Fsp3) is 1.00. The average molecular weight is 234 g/mol. The van der Waals surface area contributed by atoms with Crippen molar-refractivity contribution in [1.29, 1.82) is 0 Å². The van der Waals surface area contributed by atoms with Crippen LogP contribution in [0.15, 0.2) is 0 Å². The predicted octanol–water partition coefficient (Wildman–Crippen LogP) is 0.233. The maximum absolute atomic E-state index is 11.5. The van der Waals surface area contributed by atoms with Crippen LogP contribution in [-0.2, 0) is 9.84 Å². The smallest absolute Gasteiger partial charge is 0.153 e. The second-order valence-corrected chi connectivity index (χ2v) is 6.50. The van der Waals surface area contributed by atoms with Crippen LogP contribution in [0.4, 0.5) is 0 Å². The van der Waals surface area contributed by atoms with Crippen molar-refractivity contribution in [2.75, 3.05) is 24.6 Å². The fourth-order valence-corrected chi connectivity index (χ4v) is 4.17. The molecule has 0 aromatic carbocycles. The summed E-state index contributed by atoms with van der Waals surface area (Å²) >= 11 is 0. The number of nitrogens with two attached hydrogens (primary N) is 1. The van der Waals surface area contributed by atoms with E-state index < -0.39 is 9.84 Å². The van der Waals surface area contributed by atoms with E-state index in [4.69, 9.17) is 5.73 Å². The Hall–Kier alpha value is -0.130. The lowest BCUT2D eigenvalue weighted by Crippen LogP contribution is -2.47. The number of rotatable bonds is 5. The van der Waals surface area contributed by atoms with E-state index in [-0.39, 0.29) is 23.6 Å². The first-order valence-electron chi connectivity index (χ1n) is 5.70. The SMILES string of the molecule is CCCN(CCC)C1CS(=O)(=O)CC1N. The van der Waals surface area contributed by atoms with Gasteiger partial charge in [-0.3, -0.25) is 4.90 Å². The van der Waals surface area contributed by atoms with Gasteiger partial charge in [0, 0.05) is 12.1 Å². The van der Waals surface area contributed by atoms with Gasteiger partial charge in [-0.05, 0) is 25.9 Å². The molecule has 1 heterocycles. The van der Waals surface area contributed by atoms with E-state index >= 15 is 0 Å². The molecule has 0 bridgehead atoms. The van der Waals surface area contributed by atoms with E-state index in [1.165, 1.54) is 0 Å². The maximum atomic E-state index is 11.5. The minimum absolute atomic E-state index is 0.0369. The van der Waals surface area contributed by atoms with Crippen molar-refractivity contribution in [2.24, 2.45) is 5.73 Å². The van der Waals surface area contributed by atoms with E-state index in [0.717, 1.165) is 25.9 Å². The van der Waals surface area contributed by atoms with E-state index in [1.807, 2.05) is 0 Å². The molecule has 0 aromatic heterocycles. The highest BCUT2D eigenvalue weighted by molar-refractivity contribution is 7.91. The topological polar surface area (TPSA) is 63.4 Å². The molecule has 0 radical (unpaired) electrons. The van der Waals surface area contributed by atoms with Crippen molar-refractivity contribution in [1.82, 2.24) is 4.90 Å². The van der Waals surface area contributed by atoms with E-state index in [1.54, 1.807) is 0 Å². The lowest BCUT2D eigenvalue weighted by molar-refractivity contribution is 0.199. The van der Waals surface area contributed by atoms with Crippen molar-refractivity contribution in [3.63, 3.8) is 0 Å². The molecule has 1 aliphatic rings. The van der Waals surface area contributed by atoms with Gasteiger partial charge in [-0.2, -0.15) is 0 Å². The highest BCUT2D eigenvalue weighted by Crippen LogP contribution is 2.17. The summed E-state index contributed by atoms with van der Waals surface area (Å²) in [6, 6.07) is -0.164. The first-order chi connectivity index (χ1) is 7.00. The molecule has 2 N–H and O–H groups in total. The Bertz CT molecular complexity index is 284. The van der Waals surface area contributed by atoms with Crippen molar-refractivity contribution in [3.05, 3.63) is 0 Å².